The van der Waals surface area contributed by atoms with Crippen LogP contribution in [0.25, 0.3) is 0 Å². The Morgan fingerprint density at radius 2 is 1.91 bits per heavy atom. The molecular weight excluding hydrogens is 425 g/mol. The number of halogens is 1. The molecule has 2 aromatic carbocycles. The van der Waals surface area contributed by atoms with Gasteiger partial charge in [0.15, 0.2) is 5.11 Å². The molecule has 3 rings (SSSR count). The first-order chi connectivity index (χ1) is 15.4. The number of nitrogens with one attached hydrogen (secondary N) is 2. The zero-order valence-corrected chi connectivity index (χ0v) is 18.9. The van der Waals surface area contributed by atoms with Crippen molar-refractivity contribution in [2.24, 2.45) is 0 Å². The molecule has 0 amide bonds. The maximum Gasteiger partial charge on any atom is 0.356 e. The smallest absolute Gasteiger partial charge is 0.356 e. The van der Waals surface area contributed by atoms with Crippen LogP contribution in [0.2, 0.25) is 0 Å². The second-order valence-corrected chi connectivity index (χ2v) is 7.87. The number of hydrogen-bond donors (Lipinski definition) is 2. The number of aryl methyl sites for hydroxylation is 2. The van der Waals surface area contributed by atoms with Gasteiger partial charge < -0.3 is 15.4 Å². The molecule has 1 unspecified atom stereocenters. The summed E-state index contributed by atoms with van der Waals surface area (Å²) >= 11 is 5.43. The van der Waals surface area contributed by atoms with Gasteiger partial charge in [-0.25, -0.2) is 14.2 Å². The van der Waals surface area contributed by atoms with E-state index in [1.807, 2.05) is 44.2 Å². The number of benzene rings is 2. The fourth-order valence-electron chi connectivity index (χ4n) is 3.30. The van der Waals surface area contributed by atoms with Gasteiger partial charge in [0.25, 0.3) is 0 Å². The number of carbonyl (C=O) groups excluding carboxylic acids is 1. The quantitative estimate of drug-likeness (QED) is 0.300. The number of ether oxygens (including phenoxy) is 1. The number of esters is 1. The summed E-state index contributed by atoms with van der Waals surface area (Å²) in [7, 11) is 0. The Morgan fingerprint density at radius 1 is 1.12 bits per heavy atom. The summed E-state index contributed by atoms with van der Waals surface area (Å²) in [4.78, 5) is 15.9. The fourth-order valence-corrected chi connectivity index (χ4v) is 3.55. The molecule has 0 bridgehead atoms. The van der Waals surface area contributed by atoms with Crippen molar-refractivity contribution < 1.29 is 13.9 Å². The number of carbonyl (C=O) groups is 1. The van der Waals surface area contributed by atoms with E-state index in [4.69, 9.17) is 17.0 Å². The average Bonchev–Trinajstić information content (AvgIpc) is 2.80. The third-order valence-electron chi connectivity index (χ3n) is 5.01. The average molecular weight is 452 g/mol. The van der Waals surface area contributed by atoms with E-state index >= 15 is 0 Å². The van der Waals surface area contributed by atoms with Crippen LogP contribution in [0.4, 0.5) is 4.39 Å². The van der Waals surface area contributed by atoms with Gasteiger partial charge in [0, 0.05) is 11.8 Å². The molecule has 0 saturated heterocycles. The highest BCUT2D eigenvalue weighted by Crippen LogP contribution is 2.24. The maximum absolute atomic E-state index is 14.7. The van der Waals surface area contributed by atoms with E-state index in [0.717, 1.165) is 16.7 Å². The highest BCUT2D eigenvalue weighted by atomic mass is 32.1. The van der Waals surface area contributed by atoms with Crippen LogP contribution >= 0.6 is 12.2 Å². The number of rotatable bonds is 8. The zero-order chi connectivity index (χ0) is 22.9. The molecule has 1 heterocycles. The van der Waals surface area contributed by atoms with Crippen molar-refractivity contribution in [2.45, 2.75) is 26.3 Å². The number of pyridine rings is 1. The zero-order valence-electron chi connectivity index (χ0n) is 18.1. The van der Waals surface area contributed by atoms with Crippen LogP contribution < -0.4 is 10.6 Å². The van der Waals surface area contributed by atoms with Gasteiger partial charge in [-0.15, -0.1) is 0 Å². The first-order valence-electron chi connectivity index (χ1n) is 10.4. The fraction of sp³-hybridized carbons (Fsp3) is 0.240. The van der Waals surface area contributed by atoms with Crippen LogP contribution in [0.5, 0.6) is 0 Å². The van der Waals surface area contributed by atoms with E-state index in [-0.39, 0.29) is 24.2 Å². The van der Waals surface area contributed by atoms with Crippen molar-refractivity contribution in [1.29, 1.82) is 0 Å². The van der Waals surface area contributed by atoms with Crippen LogP contribution in [-0.4, -0.2) is 29.2 Å². The monoisotopic (exact) mass is 451 g/mol. The molecule has 0 aliphatic carbocycles. The molecule has 2 N–H and O–H groups in total. The first-order valence-corrected chi connectivity index (χ1v) is 10.8. The molecule has 166 valence electrons. The Kier molecular flexibility index (Phi) is 8.27. The number of nitrogens with zero attached hydrogens (tertiary/aromatic N) is 1. The Morgan fingerprint density at radius 3 is 2.66 bits per heavy atom. The molecule has 0 saturated carbocycles. The van der Waals surface area contributed by atoms with E-state index in [2.05, 4.69) is 15.6 Å². The van der Waals surface area contributed by atoms with Gasteiger partial charge in [-0.05, 0) is 61.8 Å². The summed E-state index contributed by atoms with van der Waals surface area (Å²) < 4.78 is 19.9. The van der Waals surface area contributed by atoms with Crippen molar-refractivity contribution in [1.82, 2.24) is 15.6 Å². The Balaban J connectivity index is 1.61. The summed E-state index contributed by atoms with van der Waals surface area (Å²) in [6, 6.07) is 17.8. The van der Waals surface area contributed by atoms with Crippen LogP contribution in [0.3, 0.4) is 0 Å². The highest BCUT2D eigenvalue weighted by Gasteiger charge is 2.19. The Bertz CT molecular complexity index is 1080. The predicted molar refractivity (Wildman–Crippen MR) is 127 cm³/mol. The van der Waals surface area contributed by atoms with Crippen LogP contribution in [0, 0.1) is 19.7 Å². The lowest BCUT2D eigenvalue weighted by molar-refractivity contribution is 0.0506. The normalized spacial score (nSPS) is 11.5. The third-order valence-corrected chi connectivity index (χ3v) is 5.27. The standard InChI is InChI=1S/C25H26FN3O2S/c1-17-10-11-21(26)20(15-17)23(16-19-8-4-3-7-18(19)2)29-25(32)28-13-14-31-24(30)22-9-5-6-12-27-22/h3-12,15,23H,13-14,16H2,1-2H3,(H2,28,29,32). The van der Waals surface area contributed by atoms with Gasteiger partial charge >= 0.3 is 5.97 Å². The SMILES string of the molecule is Cc1ccc(F)c(C(Cc2ccccc2C)NC(=S)NCCOC(=O)c2ccccn2)c1. The molecule has 0 aliphatic heterocycles. The van der Waals surface area contributed by atoms with Gasteiger partial charge in [-0.1, -0.05) is 48.0 Å². The molecule has 1 aromatic heterocycles. The lowest BCUT2D eigenvalue weighted by Crippen LogP contribution is -2.40. The second-order valence-electron chi connectivity index (χ2n) is 7.46. The summed E-state index contributed by atoms with van der Waals surface area (Å²) in [6.07, 6.45) is 2.11. The minimum Gasteiger partial charge on any atom is -0.459 e. The molecule has 1 atom stereocenters. The highest BCUT2D eigenvalue weighted by molar-refractivity contribution is 7.80. The van der Waals surface area contributed by atoms with Crippen molar-refractivity contribution in [2.75, 3.05) is 13.2 Å². The molecule has 7 heteroatoms. The molecule has 0 spiro atoms. The molecular formula is C25H26FN3O2S. The summed E-state index contributed by atoms with van der Waals surface area (Å²) in [5.41, 5.74) is 4.02. The van der Waals surface area contributed by atoms with Gasteiger partial charge in [0.1, 0.15) is 18.1 Å². The molecule has 5 nitrogen and oxygen atoms in total. The van der Waals surface area contributed by atoms with E-state index in [0.29, 0.717) is 23.6 Å². The van der Waals surface area contributed by atoms with E-state index in [9.17, 15) is 9.18 Å². The molecule has 0 fully saturated rings. The van der Waals surface area contributed by atoms with Crippen LogP contribution in [0.1, 0.15) is 38.8 Å². The lowest BCUT2D eigenvalue weighted by Gasteiger charge is -2.23. The van der Waals surface area contributed by atoms with Gasteiger partial charge in [0.05, 0.1) is 12.6 Å². The Hall–Kier alpha value is -3.32. The van der Waals surface area contributed by atoms with Gasteiger partial charge in [-0.2, -0.15) is 0 Å². The first kappa shape index (κ1) is 23.3. The molecule has 0 aliphatic rings. The second kappa shape index (κ2) is 11.3. The minimum atomic E-state index is -0.495. The largest absolute Gasteiger partial charge is 0.459 e. The van der Waals surface area contributed by atoms with Crippen molar-refractivity contribution in [3.8, 4) is 0 Å². The molecule has 0 radical (unpaired) electrons. The van der Waals surface area contributed by atoms with E-state index < -0.39 is 5.97 Å². The minimum absolute atomic E-state index is 0.124. The van der Waals surface area contributed by atoms with E-state index in [1.54, 1.807) is 24.3 Å². The molecule has 3 aromatic rings. The van der Waals surface area contributed by atoms with Crippen molar-refractivity contribution >= 4 is 23.3 Å². The third kappa shape index (κ3) is 6.59. The summed E-state index contributed by atoms with van der Waals surface area (Å²) in [6.45, 7) is 4.40. The number of hydrogen-bond acceptors (Lipinski definition) is 4. The van der Waals surface area contributed by atoms with E-state index in [1.165, 1.54) is 12.3 Å². The maximum atomic E-state index is 14.7. The predicted octanol–water partition coefficient (Wildman–Crippen LogP) is 4.44. The van der Waals surface area contributed by atoms with Gasteiger partial charge in [0.2, 0.25) is 0 Å². The van der Waals surface area contributed by atoms with Crippen LogP contribution in [0.15, 0.2) is 66.9 Å². The summed E-state index contributed by atoms with van der Waals surface area (Å²) in [5.74, 6) is -0.778. The van der Waals surface area contributed by atoms with Crippen LogP contribution in [-0.2, 0) is 11.2 Å². The topological polar surface area (TPSA) is 63.2 Å². The van der Waals surface area contributed by atoms with Crippen molar-refractivity contribution in [3.63, 3.8) is 0 Å². The van der Waals surface area contributed by atoms with Gasteiger partial charge in [-0.3, -0.25) is 0 Å². The van der Waals surface area contributed by atoms with Crippen molar-refractivity contribution in [3.05, 3.63) is 101 Å². The molecule has 32 heavy (non-hydrogen) atoms. The lowest BCUT2D eigenvalue weighted by atomic mass is 9.95. The summed E-state index contributed by atoms with van der Waals surface area (Å²) in [5, 5.41) is 6.61. The number of aromatic nitrogens is 1. The Labute approximate surface area is 193 Å². The number of thiocarbonyl (C=S) groups is 1.